The van der Waals surface area contributed by atoms with E-state index in [0.29, 0.717) is 0 Å². The van der Waals surface area contributed by atoms with Crippen LogP contribution in [0.1, 0.15) is 32.0 Å². The molecule has 5 nitrogen and oxygen atoms in total. The molecule has 1 aromatic carbocycles. The minimum Gasteiger partial charge on any atom is -0.399 e. The van der Waals surface area contributed by atoms with Gasteiger partial charge in [0.1, 0.15) is 6.33 Å². The summed E-state index contributed by atoms with van der Waals surface area (Å²) >= 11 is 0. The predicted molar refractivity (Wildman–Crippen MR) is 84.0 cm³/mol. The molecule has 0 radical (unpaired) electrons. The van der Waals surface area contributed by atoms with Gasteiger partial charge in [-0.05, 0) is 38.5 Å². The third-order valence-electron chi connectivity index (χ3n) is 3.38. The fourth-order valence-corrected chi connectivity index (χ4v) is 2.41. The first kappa shape index (κ1) is 13.5. The second-order valence-electron chi connectivity index (χ2n) is 6.21. The zero-order valence-electron chi connectivity index (χ0n) is 12.5. The Bertz CT molecular complexity index is 783. The Morgan fingerprint density at radius 2 is 2.05 bits per heavy atom. The van der Waals surface area contributed by atoms with Crippen LogP contribution in [0.2, 0.25) is 0 Å². The van der Waals surface area contributed by atoms with Gasteiger partial charge >= 0.3 is 0 Å². The van der Waals surface area contributed by atoms with Crippen molar-refractivity contribution in [3.63, 3.8) is 0 Å². The highest BCUT2D eigenvalue weighted by molar-refractivity contribution is 5.77. The van der Waals surface area contributed by atoms with Gasteiger partial charge in [0.2, 0.25) is 0 Å². The molecule has 0 bridgehead atoms. The van der Waals surface area contributed by atoms with E-state index in [4.69, 9.17) is 10.8 Å². The molecule has 108 valence electrons. The first-order valence-electron chi connectivity index (χ1n) is 6.97. The van der Waals surface area contributed by atoms with Crippen LogP contribution in [0.5, 0.6) is 0 Å². The number of fused-ring (bicyclic) bond motifs is 1. The molecule has 0 aliphatic heterocycles. The van der Waals surface area contributed by atoms with Crippen molar-refractivity contribution in [3.05, 3.63) is 48.0 Å². The fourth-order valence-electron chi connectivity index (χ4n) is 2.41. The van der Waals surface area contributed by atoms with E-state index < -0.39 is 0 Å². The highest BCUT2D eigenvalue weighted by Crippen LogP contribution is 2.24. The molecule has 2 aromatic heterocycles. The summed E-state index contributed by atoms with van der Waals surface area (Å²) < 4.78 is 1.96. The number of nitrogen functional groups attached to an aromatic ring is 1. The van der Waals surface area contributed by atoms with Crippen LogP contribution in [-0.4, -0.2) is 19.7 Å². The molecule has 0 fully saturated rings. The third kappa shape index (κ3) is 2.59. The Kier molecular flexibility index (Phi) is 3.12. The van der Waals surface area contributed by atoms with Gasteiger partial charge in [0, 0.05) is 18.3 Å². The molecule has 2 N–H and O–H groups in total. The molecule has 0 aliphatic rings. The van der Waals surface area contributed by atoms with Gasteiger partial charge in [-0.3, -0.25) is 0 Å². The average Bonchev–Trinajstić information content (AvgIpc) is 2.78. The quantitative estimate of drug-likeness (QED) is 0.733. The van der Waals surface area contributed by atoms with Crippen molar-refractivity contribution < 1.29 is 0 Å². The maximum atomic E-state index is 5.85. The van der Waals surface area contributed by atoms with Crippen molar-refractivity contribution in [2.24, 2.45) is 0 Å². The number of hydrogen-bond donors (Lipinski definition) is 1. The molecule has 5 heteroatoms. The zero-order valence-corrected chi connectivity index (χ0v) is 12.5. The molecule has 0 amide bonds. The van der Waals surface area contributed by atoms with E-state index in [9.17, 15) is 0 Å². The molecule has 0 aliphatic carbocycles. The van der Waals surface area contributed by atoms with Crippen LogP contribution in [0.3, 0.4) is 0 Å². The zero-order chi connectivity index (χ0) is 15.0. The third-order valence-corrected chi connectivity index (χ3v) is 3.38. The van der Waals surface area contributed by atoms with Crippen molar-refractivity contribution in [3.8, 4) is 0 Å². The van der Waals surface area contributed by atoms with E-state index in [1.807, 2.05) is 29.1 Å². The molecule has 0 atom stereocenters. The Morgan fingerprint density at radius 1 is 1.24 bits per heavy atom. The molecular formula is C16H19N5. The second kappa shape index (κ2) is 4.84. The normalized spacial score (nSPS) is 12.0. The lowest BCUT2D eigenvalue weighted by atomic mass is 10.1. The Morgan fingerprint density at radius 3 is 2.76 bits per heavy atom. The summed E-state index contributed by atoms with van der Waals surface area (Å²) in [7, 11) is 0. The summed E-state index contributed by atoms with van der Waals surface area (Å²) in [5.41, 5.74) is 9.48. The number of hydrogen-bond acceptors (Lipinski definition) is 4. The van der Waals surface area contributed by atoms with Crippen LogP contribution in [0.25, 0.3) is 11.0 Å². The van der Waals surface area contributed by atoms with E-state index in [1.54, 1.807) is 6.33 Å². The number of rotatable bonds is 2. The number of nitrogens with two attached hydrogens (primary N) is 1. The van der Waals surface area contributed by atoms with E-state index >= 15 is 0 Å². The minimum absolute atomic E-state index is 0.124. The topological polar surface area (TPSA) is 69.6 Å². The molecule has 21 heavy (non-hydrogen) atoms. The van der Waals surface area contributed by atoms with E-state index in [-0.39, 0.29) is 5.54 Å². The molecule has 0 saturated heterocycles. The van der Waals surface area contributed by atoms with Crippen LogP contribution >= 0.6 is 0 Å². The monoisotopic (exact) mass is 281 g/mol. The maximum absolute atomic E-state index is 5.85. The summed E-state index contributed by atoms with van der Waals surface area (Å²) in [6, 6.07) is 7.89. The van der Waals surface area contributed by atoms with Gasteiger partial charge in [-0.15, -0.1) is 0 Å². The van der Waals surface area contributed by atoms with Crippen LogP contribution in [-0.2, 0) is 12.0 Å². The number of benzene rings is 1. The van der Waals surface area contributed by atoms with Gasteiger partial charge in [0.15, 0.2) is 5.65 Å². The lowest BCUT2D eigenvalue weighted by Gasteiger charge is -2.19. The summed E-state index contributed by atoms with van der Waals surface area (Å²) in [6.45, 7) is 6.35. The minimum atomic E-state index is -0.124. The fraction of sp³-hybridized carbons (Fsp3) is 0.312. The van der Waals surface area contributed by atoms with Crippen molar-refractivity contribution in [1.82, 2.24) is 19.7 Å². The average molecular weight is 281 g/mol. The molecule has 3 aromatic rings. The molecule has 3 rings (SSSR count). The predicted octanol–water partition coefficient (Wildman–Crippen LogP) is 2.75. The van der Waals surface area contributed by atoms with Crippen LogP contribution in [0, 0.1) is 0 Å². The molecule has 0 unspecified atom stereocenters. The van der Waals surface area contributed by atoms with E-state index in [0.717, 1.165) is 34.4 Å². The van der Waals surface area contributed by atoms with Gasteiger partial charge in [0.05, 0.1) is 16.6 Å². The molecular weight excluding hydrogens is 262 g/mol. The van der Waals surface area contributed by atoms with Crippen LogP contribution in [0.4, 0.5) is 5.69 Å². The van der Waals surface area contributed by atoms with Gasteiger partial charge in [-0.1, -0.05) is 12.1 Å². The van der Waals surface area contributed by atoms with Gasteiger partial charge < -0.3 is 5.73 Å². The van der Waals surface area contributed by atoms with Crippen molar-refractivity contribution in [2.75, 3.05) is 5.73 Å². The SMILES string of the molecule is CC(C)(C)n1nc(Cc2cccc(N)c2)c2cncnc21. The maximum Gasteiger partial charge on any atom is 0.161 e. The smallest absolute Gasteiger partial charge is 0.161 e. The lowest BCUT2D eigenvalue weighted by molar-refractivity contribution is 0.363. The Labute approximate surface area is 123 Å². The second-order valence-corrected chi connectivity index (χ2v) is 6.21. The van der Waals surface area contributed by atoms with Crippen LogP contribution < -0.4 is 5.73 Å². The highest BCUT2D eigenvalue weighted by Gasteiger charge is 2.21. The number of anilines is 1. The molecule has 0 spiro atoms. The molecule has 2 heterocycles. The lowest BCUT2D eigenvalue weighted by Crippen LogP contribution is -2.23. The summed E-state index contributed by atoms with van der Waals surface area (Å²) in [6.07, 6.45) is 4.12. The van der Waals surface area contributed by atoms with Gasteiger partial charge in [0.25, 0.3) is 0 Å². The Hall–Kier alpha value is -2.43. The van der Waals surface area contributed by atoms with E-state index in [2.05, 4.69) is 36.8 Å². The summed E-state index contributed by atoms with van der Waals surface area (Å²) in [5, 5.41) is 5.75. The molecule has 0 saturated carbocycles. The van der Waals surface area contributed by atoms with E-state index in [1.165, 1.54) is 0 Å². The summed E-state index contributed by atoms with van der Waals surface area (Å²) in [4.78, 5) is 8.53. The largest absolute Gasteiger partial charge is 0.399 e. The van der Waals surface area contributed by atoms with Gasteiger partial charge in [-0.2, -0.15) is 5.10 Å². The van der Waals surface area contributed by atoms with Crippen molar-refractivity contribution in [2.45, 2.75) is 32.7 Å². The van der Waals surface area contributed by atoms with Crippen LogP contribution in [0.15, 0.2) is 36.8 Å². The number of aromatic nitrogens is 4. The highest BCUT2D eigenvalue weighted by atomic mass is 15.3. The standard InChI is InChI=1S/C16H19N5/c1-16(2,3)21-15-13(9-18-10-19-15)14(20-21)8-11-5-4-6-12(17)7-11/h4-7,9-10H,8,17H2,1-3H3. The van der Waals surface area contributed by atoms with Crippen molar-refractivity contribution >= 4 is 16.7 Å². The Balaban J connectivity index is 2.11. The summed E-state index contributed by atoms with van der Waals surface area (Å²) in [5.74, 6) is 0. The first-order valence-corrected chi connectivity index (χ1v) is 6.97. The first-order chi connectivity index (χ1) is 9.95. The van der Waals surface area contributed by atoms with Gasteiger partial charge in [-0.25, -0.2) is 14.6 Å². The number of nitrogens with zero attached hydrogens (tertiary/aromatic N) is 4. The van der Waals surface area contributed by atoms with Crippen molar-refractivity contribution in [1.29, 1.82) is 0 Å².